The zero-order chi connectivity index (χ0) is 30.0. The molecule has 1 saturated heterocycles. The van der Waals surface area contributed by atoms with Crippen LogP contribution in [0.3, 0.4) is 0 Å². The number of likely N-dealkylation sites (N-methyl/N-ethyl adjacent to an activating group) is 1. The number of esters is 1. The van der Waals surface area contributed by atoms with Gasteiger partial charge in [-0.1, -0.05) is 91.9 Å². The topological polar surface area (TPSA) is 79.0 Å². The predicted octanol–water partition coefficient (Wildman–Crippen LogP) is 5.01. The lowest BCUT2D eigenvalue weighted by molar-refractivity contribution is -0.146. The van der Waals surface area contributed by atoms with Crippen molar-refractivity contribution in [3.8, 4) is 0 Å². The average Bonchev–Trinajstić information content (AvgIpc) is 3.03. The van der Waals surface area contributed by atoms with E-state index in [-0.39, 0.29) is 24.0 Å². The van der Waals surface area contributed by atoms with Gasteiger partial charge in [-0.05, 0) is 62.2 Å². The van der Waals surface area contributed by atoms with Gasteiger partial charge in [-0.3, -0.25) is 5.32 Å². The number of benzene rings is 3. The molecule has 3 aromatic rings. The minimum atomic E-state index is -3.61. The fraction of sp³-hybridized carbons (Fsp3) is 0.382. The predicted molar refractivity (Wildman–Crippen MR) is 167 cm³/mol. The summed E-state index contributed by atoms with van der Waals surface area (Å²) in [5.41, 5.74) is 1.71. The molecule has 1 fully saturated rings. The Kier molecular flexibility index (Phi) is 11.1. The van der Waals surface area contributed by atoms with E-state index in [2.05, 4.69) is 35.9 Å². The van der Waals surface area contributed by atoms with Crippen molar-refractivity contribution in [1.82, 2.24) is 14.5 Å². The Morgan fingerprint density at radius 1 is 1.02 bits per heavy atom. The van der Waals surface area contributed by atoms with Crippen LogP contribution in [0, 0.1) is 0 Å². The first-order valence-corrected chi connectivity index (χ1v) is 16.0. The van der Waals surface area contributed by atoms with Crippen molar-refractivity contribution in [2.24, 2.45) is 0 Å². The maximum absolute atomic E-state index is 13.3. The van der Waals surface area contributed by atoms with Gasteiger partial charge in [0.2, 0.25) is 10.0 Å². The molecule has 2 unspecified atom stereocenters. The van der Waals surface area contributed by atoms with Gasteiger partial charge >= 0.3 is 5.97 Å². The van der Waals surface area contributed by atoms with Crippen molar-refractivity contribution in [2.45, 2.75) is 55.2 Å². The number of sulfonamides is 1. The Morgan fingerprint density at radius 3 is 2.19 bits per heavy atom. The summed E-state index contributed by atoms with van der Waals surface area (Å²) in [4.78, 5) is 15.4. The lowest BCUT2D eigenvalue weighted by Gasteiger charge is -2.38. The number of nitrogens with one attached hydrogen (secondary N) is 1. The molecule has 8 heteroatoms. The van der Waals surface area contributed by atoms with Gasteiger partial charge in [0.1, 0.15) is 12.6 Å². The van der Waals surface area contributed by atoms with Crippen molar-refractivity contribution < 1.29 is 17.9 Å². The summed E-state index contributed by atoms with van der Waals surface area (Å²) in [7, 11) is -1.94. The normalized spacial score (nSPS) is 16.9. The third kappa shape index (κ3) is 8.38. The average molecular weight is 590 g/mol. The molecule has 0 spiro atoms. The SMILES string of the molecule is C=CC(NC1CCN(CCC(C)(CN(C)S(=O)(=O)c2ccccc2)c2ccccc2)CC1)C(=O)OCc1ccccc1. The molecule has 0 bridgehead atoms. The number of likely N-dealkylation sites (tertiary alicyclic amines) is 1. The molecule has 2 atom stereocenters. The van der Waals surface area contributed by atoms with Crippen LogP contribution < -0.4 is 5.32 Å². The maximum atomic E-state index is 13.3. The second-order valence-electron chi connectivity index (χ2n) is 11.3. The number of carbonyl (C=O) groups excluding carboxylic acids is 1. The van der Waals surface area contributed by atoms with Gasteiger partial charge in [0.05, 0.1) is 4.90 Å². The van der Waals surface area contributed by atoms with Crippen LogP contribution in [-0.2, 0) is 31.6 Å². The Hall–Kier alpha value is -3.30. The van der Waals surface area contributed by atoms with Crippen molar-refractivity contribution in [3.63, 3.8) is 0 Å². The number of hydrogen-bond acceptors (Lipinski definition) is 6. The Balaban J connectivity index is 1.32. The fourth-order valence-electron chi connectivity index (χ4n) is 5.54. The molecule has 1 aliphatic heterocycles. The van der Waals surface area contributed by atoms with Gasteiger partial charge in [0.15, 0.2) is 0 Å². The molecule has 0 aliphatic carbocycles. The highest BCUT2D eigenvalue weighted by Gasteiger charge is 2.34. The van der Waals surface area contributed by atoms with Crippen LogP contribution in [0.1, 0.15) is 37.3 Å². The molecule has 0 amide bonds. The van der Waals surface area contributed by atoms with E-state index in [1.165, 1.54) is 4.31 Å². The first-order valence-electron chi connectivity index (χ1n) is 14.6. The molecule has 1 heterocycles. The second-order valence-corrected chi connectivity index (χ2v) is 13.4. The molecule has 7 nitrogen and oxygen atoms in total. The van der Waals surface area contributed by atoms with Gasteiger partial charge in [-0.15, -0.1) is 6.58 Å². The third-order valence-electron chi connectivity index (χ3n) is 8.19. The molecule has 0 radical (unpaired) electrons. The lowest BCUT2D eigenvalue weighted by atomic mass is 9.79. The summed E-state index contributed by atoms with van der Waals surface area (Å²) in [6.45, 7) is 9.25. The van der Waals surface area contributed by atoms with E-state index in [9.17, 15) is 13.2 Å². The molecule has 3 aromatic carbocycles. The second kappa shape index (κ2) is 14.7. The van der Waals surface area contributed by atoms with Gasteiger partial charge < -0.3 is 9.64 Å². The zero-order valence-corrected chi connectivity index (χ0v) is 25.5. The molecule has 224 valence electrons. The third-order valence-corrected chi connectivity index (χ3v) is 10.0. The van der Waals surface area contributed by atoms with Crippen LogP contribution in [0.25, 0.3) is 0 Å². The summed E-state index contributed by atoms with van der Waals surface area (Å²) in [5, 5.41) is 3.43. The van der Waals surface area contributed by atoms with E-state index < -0.39 is 16.1 Å². The Bertz CT molecular complexity index is 1380. The van der Waals surface area contributed by atoms with Crippen molar-refractivity contribution in [1.29, 1.82) is 0 Å². The highest BCUT2D eigenvalue weighted by Crippen LogP contribution is 2.31. The number of piperidine rings is 1. The van der Waals surface area contributed by atoms with Crippen LogP contribution >= 0.6 is 0 Å². The monoisotopic (exact) mass is 589 g/mol. The minimum Gasteiger partial charge on any atom is -0.459 e. The Labute approximate surface area is 251 Å². The molecule has 1 aliphatic rings. The number of ether oxygens (including phenoxy) is 1. The number of carbonyl (C=O) groups is 1. The summed E-state index contributed by atoms with van der Waals surface area (Å²) in [6, 6.07) is 28.1. The zero-order valence-electron chi connectivity index (χ0n) is 24.7. The van der Waals surface area contributed by atoms with E-state index >= 15 is 0 Å². The molecule has 1 N–H and O–H groups in total. The standard InChI is InChI=1S/C34H43N3O4S/c1-4-32(33(38)41-26-28-14-8-5-9-15-28)35-30-20-23-37(24-21-30)25-22-34(2,29-16-10-6-11-17-29)27-36(3)42(39,40)31-18-12-7-13-19-31/h4-19,30,32,35H,1,20-27H2,2-3H3. The van der Waals surface area contributed by atoms with Crippen LogP contribution in [0.5, 0.6) is 0 Å². The molecular weight excluding hydrogens is 546 g/mol. The first-order chi connectivity index (χ1) is 20.2. The molecule has 0 saturated carbocycles. The van der Waals surface area contributed by atoms with Gasteiger partial charge in [0, 0.05) is 25.0 Å². The van der Waals surface area contributed by atoms with Gasteiger partial charge in [-0.25, -0.2) is 17.5 Å². The van der Waals surface area contributed by atoms with Crippen LogP contribution in [-0.4, -0.2) is 68.9 Å². The summed E-state index contributed by atoms with van der Waals surface area (Å²) in [5.74, 6) is -0.315. The van der Waals surface area contributed by atoms with E-state index in [1.54, 1.807) is 37.4 Å². The molecule has 4 rings (SSSR count). The van der Waals surface area contributed by atoms with Crippen molar-refractivity contribution in [3.05, 3.63) is 115 Å². The molecule has 42 heavy (non-hydrogen) atoms. The Morgan fingerprint density at radius 2 is 1.60 bits per heavy atom. The largest absolute Gasteiger partial charge is 0.459 e. The molecule has 0 aromatic heterocycles. The van der Waals surface area contributed by atoms with Crippen LogP contribution in [0.4, 0.5) is 0 Å². The number of nitrogens with zero attached hydrogens (tertiary/aromatic N) is 2. The summed E-state index contributed by atoms with van der Waals surface area (Å²) < 4.78 is 33.7. The summed E-state index contributed by atoms with van der Waals surface area (Å²) >= 11 is 0. The van der Waals surface area contributed by atoms with Crippen LogP contribution in [0.2, 0.25) is 0 Å². The maximum Gasteiger partial charge on any atom is 0.327 e. The van der Waals surface area contributed by atoms with E-state index in [0.29, 0.717) is 11.4 Å². The van der Waals surface area contributed by atoms with Gasteiger partial charge in [-0.2, -0.15) is 0 Å². The highest BCUT2D eigenvalue weighted by atomic mass is 32.2. The number of hydrogen-bond donors (Lipinski definition) is 1. The first kappa shape index (κ1) is 31.6. The van der Waals surface area contributed by atoms with Crippen LogP contribution in [0.15, 0.2) is 109 Å². The molecular formula is C34H43N3O4S. The lowest BCUT2D eigenvalue weighted by Crippen LogP contribution is -2.49. The summed E-state index contributed by atoms with van der Waals surface area (Å²) in [6.07, 6.45) is 4.23. The highest BCUT2D eigenvalue weighted by molar-refractivity contribution is 7.89. The number of rotatable bonds is 14. The van der Waals surface area contributed by atoms with E-state index in [1.807, 2.05) is 54.6 Å². The van der Waals surface area contributed by atoms with Gasteiger partial charge in [0.25, 0.3) is 0 Å². The van der Waals surface area contributed by atoms with E-state index in [0.717, 1.165) is 50.0 Å². The minimum absolute atomic E-state index is 0.191. The van der Waals surface area contributed by atoms with E-state index in [4.69, 9.17) is 4.74 Å². The van der Waals surface area contributed by atoms with Crippen molar-refractivity contribution in [2.75, 3.05) is 33.2 Å². The quantitative estimate of drug-likeness (QED) is 0.211. The van der Waals surface area contributed by atoms with Crippen molar-refractivity contribution >= 4 is 16.0 Å². The smallest absolute Gasteiger partial charge is 0.327 e. The fourth-order valence-corrected chi connectivity index (χ4v) is 6.85.